The van der Waals surface area contributed by atoms with Gasteiger partial charge in [0.15, 0.2) is 5.56 Å². The summed E-state index contributed by atoms with van der Waals surface area (Å²) in [6.07, 6.45) is 2.28. The predicted molar refractivity (Wildman–Crippen MR) is 91.0 cm³/mol. The van der Waals surface area contributed by atoms with E-state index in [2.05, 4.69) is 9.64 Å². The predicted octanol–water partition coefficient (Wildman–Crippen LogP) is 2.86. The zero-order valence-corrected chi connectivity index (χ0v) is 14.7. The maximum absolute atomic E-state index is 10.8. The topological polar surface area (TPSA) is 106 Å². The summed E-state index contributed by atoms with van der Waals surface area (Å²) in [5.41, 5.74) is -0.542. The fraction of sp³-hybridized carbons (Fsp3) is 0.529. The van der Waals surface area contributed by atoms with E-state index in [1.165, 1.54) is 12.1 Å². The molecular weight excluding hydrogens is 326 g/mol. The molecule has 25 heavy (non-hydrogen) atoms. The molecule has 0 spiro atoms. The van der Waals surface area contributed by atoms with Gasteiger partial charge in [-0.25, -0.2) is 0 Å². The van der Waals surface area contributed by atoms with Crippen molar-refractivity contribution < 1.29 is 19.2 Å². The molecule has 1 aliphatic rings. The van der Waals surface area contributed by atoms with Crippen molar-refractivity contribution in [3.8, 4) is 11.8 Å². The summed E-state index contributed by atoms with van der Waals surface area (Å²) < 4.78 is 10.1. The molecule has 0 bridgehead atoms. The van der Waals surface area contributed by atoms with Gasteiger partial charge in [0.25, 0.3) is 12.2 Å². The summed E-state index contributed by atoms with van der Waals surface area (Å²) in [5, 5.41) is 19.8. The van der Waals surface area contributed by atoms with Crippen molar-refractivity contribution in [2.45, 2.75) is 39.2 Å². The van der Waals surface area contributed by atoms with E-state index in [-0.39, 0.29) is 22.6 Å². The third-order valence-electron chi connectivity index (χ3n) is 3.32. The summed E-state index contributed by atoms with van der Waals surface area (Å²) in [6, 6.07) is 6.25. The van der Waals surface area contributed by atoms with E-state index in [9.17, 15) is 14.9 Å². The van der Waals surface area contributed by atoms with E-state index in [1.54, 1.807) is 6.07 Å². The highest BCUT2D eigenvalue weighted by molar-refractivity contribution is 5.56. The maximum atomic E-state index is 10.8. The van der Waals surface area contributed by atoms with E-state index >= 15 is 0 Å². The first kappa shape index (κ1) is 20.4. The van der Waals surface area contributed by atoms with Crippen LogP contribution in [0.4, 0.5) is 5.69 Å². The van der Waals surface area contributed by atoms with Crippen molar-refractivity contribution in [2.75, 3.05) is 19.8 Å². The third-order valence-corrected chi connectivity index (χ3v) is 3.32. The molecule has 8 nitrogen and oxygen atoms in total. The maximum Gasteiger partial charge on any atom is 0.293 e. The zero-order valence-electron chi connectivity index (χ0n) is 14.7. The van der Waals surface area contributed by atoms with Gasteiger partial charge in [0.2, 0.25) is 0 Å². The molecule has 136 valence electrons. The number of likely N-dealkylation sites (tertiary alicyclic amines) is 1. The lowest BCUT2D eigenvalue weighted by atomic mass is 10.2. The quantitative estimate of drug-likeness (QED) is 0.457. The second-order valence-corrected chi connectivity index (χ2v) is 6.44. The molecule has 1 heterocycles. The van der Waals surface area contributed by atoms with Crippen molar-refractivity contribution in [3.05, 3.63) is 33.9 Å². The molecule has 1 aromatic rings. The molecule has 0 unspecified atom stereocenters. The molecule has 1 aromatic carbocycles. The van der Waals surface area contributed by atoms with Crippen LogP contribution in [0.5, 0.6) is 5.75 Å². The number of nitro benzene ring substituents is 1. The molecule has 1 fully saturated rings. The molecule has 8 heteroatoms. The van der Waals surface area contributed by atoms with E-state index < -0.39 is 4.92 Å². The minimum Gasteiger partial charge on any atom is -0.476 e. The number of carbonyl (C=O) groups is 1. The van der Waals surface area contributed by atoms with Crippen molar-refractivity contribution in [3.63, 3.8) is 0 Å². The first-order valence-corrected chi connectivity index (χ1v) is 7.92. The van der Waals surface area contributed by atoms with Crippen molar-refractivity contribution in [1.82, 2.24) is 4.90 Å². The van der Waals surface area contributed by atoms with Gasteiger partial charge in [0, 0.05) is 19.2 Å². The normalized spacial score (nSPS) is 14.0. The fourth-order valence-electron chi connectivity index (χ4n) is 2.12. The summed E-state index contributed by atoms with van der Waals surface area (Å²) in [7, 11) is 0. The zero-order chi connectivity index (χ0) is 18.9. The molecule has 2 rings (SSSR count). The number of nitriles is 1. The number of nitro groups is 1. The smallest absolute Gasteiger partial charge is 0.293 e. The minimum atomic E-state index is -0.568. The second-order valence-electron chi connectivity index (χ2n) is 6.44. The second kappa shape index (κ2) is 9.59. The van der Waals surface area contributed by atoms with E-state index in [4.69, 9.17) is 10.00 Å². The number of carbonyl (C=O) groups excluding carboxylic acids is 1. The Bertz CT molecular complexity index is 628. The van der Waals surface area contributed by atoms with Crippen LogP contribution < -0.4 is 4.74 Å². The van der Waals surface area contributed by atoms with Crippen LogP contribution in [0.2, 0.25) is 0 Å². The van der Waals surface area contributed by atoms with Gasteiger partial charge >= 0.3 is 0 Å². The summed E-state index contributed by atoms with van der Waals surface area (Å²) in [4.78, 5) is 21.9. The standard InChI is InChI=1S/C12H13N3O3.C5H10O2/c13-8-10-11(15(16)17)4-3-5-12(10)18-9-14-6-1-2-7-14;1-5(2,3)7-4-6/h3-5H,1-2,6-7,9H2;4H,1-3H3. The number of benzene rings is 1. The van der Waals surface area contributed by atoms with Gasteiger partial charge in [0.1, 0.15) is 24.2 Å². The molecular formula is C17H23N3O5. The van der Waals surface area contributed by atoms with Gasteiger partial charge in [-0.1, -0.05) is 6.07 Å². The minimum absolute atomic E-state index is 0.0123. The summed E-state index contributed by atoms with van der Waals surface area (Å²) in [6.45, 7) is 8.23. The van der Waals surface area contributed by atoms with Crippen LogP contribution in [0.3, 0.4) is 0 Å². The molecule has 1 saturated heterocycles. The highest BCUT2D eigenvalue weighted by Gasteiger charge is 2.19. The van der Waals surface area contributed by atoms with Gasteiger partial charge in [-0.15, -0.1) is 0 Å². The van der Waals surface area contributed by atoms with Crippen LogP contribution in [-0.4, -0.2) is 41.7 Å². The third kappa shape index (κ3) is 7.18. The van der Waals surface area contributed by atoms with E-state index in [0.717, 1.165) is 25.9 Å². The number of ether oxygens (including phenoxy) is 2. The Kier molecular flexibility index (Phi) is 7.82. The SMILES string of the molecule is CC(C)(C)OC=O.N#Cc1c(OCN2CCCC2)cccc1[N+](=O)[O-]. The number of hydrogen-bond acceptors (Lipinski definition) is 7. The Balaban J connectivity index is 0.000000381. The summed E-state index contributed by atoms with van der Waals surface area (Å²) >= 11 is 0. The molecule has 0 N–H and O–H groups in total. The largest absolute Gasteiger partial charge is 0.476 e. The van der Waals surface area contributed by atoms with Crippen LogP contribution in [-0.2, 0) is 9.53 Å². The van der Waals surface area contributed by atoms with Crippen LogP contribution in [0.25, 0.3) is 0 Å². The Morgan fingerprint density at radius 1 is 1.36 bits per heavy atom. The van der Waals surface area contributed by atoms with Crippen molar-refractivity contribution in [1.29, 1.82) is 5.26 Å². The lowest BCUT2D eigenvalue weighted by molar-refractivity contribution is -0.385. The van der Waals surface area contributed by atoms with E-state index in [1.807, 2.05) is 26.8 Å². The van der Waals surface area contributed by atoms with Gasteiger partial charge in [-0.05, 0) is 39.7 Å². The van der Waals surface area contributed by atoms with Crippen LogP contribution in [0.15, 0.2) is 18.2 Å². The van der Waals surface area contributed by atoms with Gasteiger partial charge < -0.3 is 9.47 Å². The Hall–Kier alpha value is -2.66. The Morgan fingerprint density at radius 3 is 2.44 bits per heavy atom. The lowest BCUT2D eigenvalue weighted by Gasteiger charge is -2.16. The first-order chi connectivity index (χ1) is 11.8. The van der Waals surface area contributed by atoms with E-state index in [0.29, 0.717) is 13.2 Å². The average Bonchev–Trinajstić information content (AvgIpc) is 3.05. The highest BCUT2D eigenvalue weighted by atomic mass is 16.6. The molecule has 0 saturated carbocycles. The first-order valence-electron chi connectivity index (χ1n) is 7.92. The monoisotopic (exact) mass is 349 g/mol. The molecule has 0 aliphatic carbocycles. The van der Waals surface area contributed by atoms with Crippen molar-refractivity contribution >= 4 is 12.2 Å². The van der Waals surface area contributed by atoms with Gasteiger partial charge in [0.05, 0.1) is 4.92 Å². The Labute approximate surface area is 147 Å². The molecule has 0 atom stereocenters. The fourth-order valence-corrected chi connectivity index (χ4v) is 2.12. The lowest BCUT2D eigenvalue weighted by Crippen LogP contribution is -2.24. The Morgan fingerprint density at radius 2 is 2.00 bits per heavy atom. The number of hydrogen-bond donors (Lipinski definition) is 0. The van der Waals surface area contributed by atoms with Gasteiger partial charge in [-0.2, -0.15) is 5.26 Å². The number of nitrogens with zero attached hydrogens (tertiary/aromatic N) is 3. The molecule has 0 amide bonds. The van der Waals surface area contributed by atoms with Crippen molar-refractivity contribution in [2.24, 2.45) is 0 Å². The average molecular weight is 349 g/mol. The highest BCUT2D eigenvalue weighted by Crippen LogP contribution is 2.27. The molecule has 0 aromatic heterocycles. The number of rotatable bonds is 5. The van der Waals surface area contributed by atoms with Crippen LogP contribution in [0.1, 0.15) is 39.2 Å². The van der Waals surface area contributed by atoms with Crippen LogP contribution in [0, 0.1) is 21.4 Å². The van der Waals surface area contributed by atoms with Crippen LogP contribution >= 0.6 is 0 Å². The molecule has 0 radical (unpaired) electrons. The summed E-state index contributed by atoms with van der Waals surface area (Å²) in [5.74, 6) is 0.276. The van der Waals surface area contributed by atoms with Gasteiger partial charge in [-0.3, -0.25) is 19.8 Å². The molecule has 1 aliphatic heterocycles.